The first-order chi connectivity index (χ1) is 8.40. The Morgan fingerprint density at radius 3 is 1.22 bits per heavy atom. The van der Waals surface area contributed by atoms with Gasteiger partial charge in [-0.1, -0.05) is 0 Å². The van der Waals surface area contributed by atoms with Gasteiger partial charge in [-0.15, -0.1) is 0 Å². The van der Waals surface area contributed by atoms with Crippen LogP contribution in [0.3, 0.4) is 0 Å². The summed E-state index contributed by atoms with van der Waals surface area (Å²) in [6.07, 6.45) is 0. The van der Waals surface area contributed by atoms with Crippen molar-refractivity contribution in [3.63, 3.8) is 0 Å². The topological polar surface area (TPSA) is 129 Å². The van der Waals surface area contributed by atoms with Crippen LogP contribution in [0.2, 0.25) is 0 Å². The second-order valence-corrected chi connectivity index (χ2v) is 3.77. The highest BCUT2D eigenvalue weighted by Gasteiger charge is 2.15. The quantitative estimate of drug-likeness (QED) is 0.453. The minimum atomic E-state index is -0.364. The Hall–Kier alpha value is -2.76. The Bertz CT molecular complexity index is 570. The predicted octanol–water partition coefficient (Wildman–Crippen LogP) is 2.00. The lowest BCUT2D eigenvalue weighted by Gasteiger charge is -2.10. The Kier molecular flexibility index (Phi) is 2.55. The van der Waals surface area contributed by atoms with E-state index in [-0.39, 0.29) is 45.5 Å². The van der Waals surface area contributed by atoms with Crippen molar-refractivity contribution in [3.8, 4) is 34.1 Å². The van der Waals surface area contributed by atoms with E-state index in [1.165, 1.54) is 0 Å². The summed E-state index contributed by atoms with van der Waals surface area (Å²) in [4.78, 5) is 0. The zero-order chi connectivity index (χ0) is 13.4. The number of phenols is 4. The largest absolute Gasteiger partial charge is 0.507 e. The average molecular weight is 246 g/mol. The van der Waals surface area contributed by atoms with Crippen molar-refractivity contribution in [2.45, 2.75) is 0 Å². The number of rotatable bonds is 1. The highest BCUT2D eigenvalue weighted by Crippen LogP contribution is 2.43. The first-order valence-electron chi connectivity index (χ1n) is 4.95. The van der Waals surface area contributed by atoms with Gasteiger partial charge in [0.25, 0.3) is 0 Å². The lowest BCUT2D eigenvalue weighted by Crippen LogP contribution is -1.84. The minimum Gasteiger partial charge on any atom is -0.507 e. The van der Waals surface area contributed by atoms with Crippen LogP contribution in [-0.4, -0.2) is 20.4 Å². The highest BCUT2D eigenvalue weighted by molar-refractivity contribution is 5.81. The fraction of sp³-hybridized carbons (Fsp3) is 0. The van der Waals surface area contributed by atoms with E-state index in [2.05, 4.69) is 0 Å². The number of nitrogens with one attached hydrogen (secondary N) is 2. The third-order valence-corrected chi connectivity index (χ3v) is 2.52. The molecular weight excluding hydrogens is 236 g/mol. The molecule has 18 heavy (non-hydrogen) atoms. The maximum absolute atomic E-state index is 9.68. The van der Waals surface area contributed by atoms with Gasteiger partial charge in [-0.05, 0) is 12.1 Å². The molecule has 6 N–H and O–H groups in total. The van der Waals surface area contributed by atoms with Gasteiger partial charge < -0.3 is 20.4 Å². The molecule has 0 aliphatic heterocycles. The molecule has 92 valence electrons. The van der Waals surface area contributed by atoms with Crippen molar-refractivity contribution in [1.29, 1.82) is 0 Å². The zero-order valence-corrected chi connectivity index (χ0v) is 9.10. The van der Waals surface area contributed by atoms with Crippen LogP contribution in [0.15, 0.2) is 24.3 Å². The lowest BCUT2D eigenvalue weighted by atomic mass is 10.0. The normalized spacial score (nSPS) is 10.4. The molecule has 0 aromatic heterocycles. The third-order valence-electron chi connectivity index (χ3n) is 2.52. The molecule has 0 aliphatic rings. The van der Waals surface area contributed by atoms with Gasteiger partial charge in [-0.3, -0.25) is 11.5 Å². The van der Waals surface area contributed by atoms with Crippen molar-refractivity contribution < 1.29 is 20.4 Å². The van der Waals surface area contributed by atoms with Crippen LogP contribution in [0, 0.1) is 0 Å². The monoisotopic (exact) mass is 246 g/mol. The second kappa shape index (κ2) is 3.92. The smallest absolute Gasteiger partial charge is 0.141 e. The van der Waals surface area contributed by atoms with Crippen LogP contribution in [-0.2, 0) is 0 Å². The van der Waals surface area contributed by atoms with Gasteiger partial charge >= 0.3 is 0 Å². The number of benzene rings is 2. The number of hydrogen-bond acceptors (Lipinski definition) is 4. The van der Waals surface area contributed by atoms with Gasteiger partial charge in [0.05, 0.1) is 11.4 Å². The summed E-state index contributed by atoms with van der Waals surface area (Å²) in [5.41, 5.74) is 14.2. The summed E-state index contributed by atoms with van der Waals surface area (Å²) < 4.78 is 0. The second-order valence-electron chi connectivity index (χ2n) is 3.77. The van der Waals surface area contributed by atoms with Crippen LogP contribution >= 0.6 is 0 Å². The standard InChI is InChI=1S/C12H10N2O4/c13-7-3-9(15)5(1-11(7)17)6-2-12(18)8(14)4-10(6)16/h1-4,13-18H. The minimum absolute atomic E-state index is 0.0660. The van der Waals surface area contributed by atoms with Crippen molar-refractivity contribution in [2.24, 2.45) is 0 Å². The molecule has 0 bridgehead atoms. The van der Waals surface area contributed by atoms with Crippen LogP contribution in [0.4, 0.5) is 11.4 Å². The molecule has 0 aliphatic carbocycles. The van der Waals surface area contributed by atoms with E-state index in [1.807, 2.05) is 0 Å². The first-order valence-corrected chi connectivity index (χ1v) is 4.95. The maximum atomic E-state index is 9.68. The Balaban J connectivity index is 2.69. The van der Waals surface area contributed by atoms with Crippen LogP contribution in [0.25, 0.3) is 11.1 Å². The summed E-state index contributed by atoms with van der Waals surface area (Å²) in [5, 5.41) is 38.2. The van der Waals surface area contributed by atoms with E-state index in [4.69, 9.17) is 11.5 Å². The van der Waals surface area contributed by atoms with Crippen molar-refractivity contribution in [1.82, 2.24) is 11.5 Å². The molecule has 0 saturated heterocycles. The molecule has 2 aromatic rings. The van der Waals surface area contributed by atoms with Gasteiger partial charge in [-0.25, -0.2) is 0 Å². The van der Waals surface area contributed by atoms with Crippen LogP contribution in [0.1, 0.15) is 0 Å². The van der Waals surface area contributed by atoms with E-state index in [1.54, 1.807) is 0 Å². The SMILES string of the molecule is [NH]c1cc(O)c(-c2cc(O)c([NH])cc2O)cc1O. The molecule has 6 nitrogen and oxygen atoms in total. The Morgan fingerprint density at radius 2 is 0.889 bits per heavy atom. The number of phenolic OH excluding ortho intramolecular Hbond substituents is 4. The molecule has 0 unspecified atom stereocenters. The molecule has 0 saturated carbocycles. The van der Waals surface area contributed by atoms with E-state index in [9.17, 15) is 20.4 Å². The van der Waals surface area contributed by atoms with Gasteiger partial charge in [0.15, 0.2) is 0 Å². The van der Waals surface area contributed by atoms with Gasteiger partial charge in [-0.2, -0.15) is 0 Å². The summed E-state index contributed by atoms with van der Waals surface area (Å²) in [5.74, 6) is -1.36. The molecule has 6 heteroatoms. The van der Waals surface area contributed by atoms with Crippen molar-refractivity contribution >= 4 is 11.4 Å². The molecule has 0 fully saturated rings. The van der Waals surface area contributed by atoms with E-state index < -0.39 is 0 Å². The lowest BCUT2D eigenvalue weighted by molar-refractivity contribution is 0.456. The highest BCUT2D eigenvalue weighted by atomic mass is 16.3. The molecule has 0 atom stereocenters. The summed E-state index contributed by atoms with van der Waals surface area (Å²) in [7, 11) is 0. The third kappa shape index (κ3) is 1.80. The zero-order valence-electron chi connectivity index (χ0n) is 9.10. The van der Waals surface area contributed by atoms with Gasteiger partial charge in [0.2, 0.25) is 0 Å². The van der Waals surface area contributed by atoms with Crippen LogP contribution < -0.4 is 11.5 Å². The molecule has 0 amide bonds. The summed E-state index contributed by atoms with van der Waals surface area (Å²) in [6.45, 7) is 0. The fourth-order valence-corrected chi connectivity index (χ4v) is 1.59. The van der Waals surface area contributed by atoms with E-state index in [0.717, 1.165) is 24.3 Å². The van der Waals surface area contributed by atoms with E-state index in [0.29, 0.717) is 0 Å². The average Bonchev–Trinajstić information content (AvgIpc) is 2.29. The van der Waals surface area contributed by atoms with Crippen molar-refractivity contribution in [2.75, 3.05) is 0 Å². The van der Waals surface area contributed by atoms with Crippen molar-refractivity contribution in [3.05, 3.63) is 24.3 Å². The molecule has 0 heterocycles. The molecule has 2 rings (SSSR count). The summed E-state index contributed by atoms with van der Waals surface area (Å²) >= 11 is 0. The van der Waals surface area contributed by atoms with Gasteiger partial charge in [0.1, 0.15) is 23.0 Å². The van der Waals surface area contributed by atoms with E-state index >= 15 is 0 Å². The Labute approximate surface area is 102 Å². The first kappa shape index (κ1) is 11.7. The fourth-order valence-electron chi connectivity index (χ4n) is 1.59. The predicted molar refractivity (Wildman–Crippen MR) is 64.1 cm³/mol. The Morgan fingerprint density at radius 1 is 0.556 bits per heavy atom. The molecule has 2 radical (unpaired) electrons. The molecule has 0 spiro atoms. The molecule has 2 aromatic carbocycles. The number of aromatic hydroxyl groups is 4. The maximum Gasteiger partial charge on any atom is 0.141 e. The van der Waals surface area contributed by atoms with Crippen LogP contribution in [0.5, 0.6) is 23.0 Å². The summed E-state index contributed by atoms with van der Waals surface area (Å²) in [6, 6.07) is 4.26. The number of hydrogen-bond donors (Lipinski definition) is 4. The molecular formula is C12H10N2O4. The van der Waals surface area contributed by atoms with Gasteiger partial charge in [0, 0.05) is 23.3 Å².